The number of carboxylic acids is 3. The second-order valence-corrected chi connectivity index (χ2v) is 9.69. The molecule has 7 nitrogen and oxygen atoms in total. The van der Waals surface area contributed by atoms with Crippen molar-refractivity contribution in [1.82, 2.24) is 0 Å². The van der Waals surface area contributed by atoms with E-state index in [0.29, 0.717) is 6.42 Å². The quantitative estimate of drug-likeness (QED) is 0.174. The Hall–Kier alpha value is -1.63. The molecule has 0 saturated heterocycles. The van der Waals surface area contributed by atoms with E-state index in [4.69, 9.17) is 0 Å². The van der Waals surface area contributed by atoms with Crippen LogP contribution in [0, 0.1) is 0 Å². The summed E-state index contributed by atoms with van der Waals surface area (Å²) in [6.07, 6.45) is 17.9. The molecule has 0 aromatic carbocycles. The molecule has 0 spiro atoms. The number of unbranched alkanes of at least 4 members (excludes halogenated alkanes) is 14. The van der Waals surface area contributed by atoms with Gasteiger partial charge in [0.15, 0.2) is 12.1 Å². The Morgan fingerprint density at radius 2 is 0.909 bits per heavy atom. The summed E-state index contributed by atoms with van der Waals surface area (Å²) in [6, 6.07) is -3.54. The Morgan fingerprint density at radius 1 is 0.606 bits per heavy atom. The Morgan fingerprint density at radius 3 is 1.18 bits per heavy atom. The number of carboxylic acid groups (broad SMARTS) is 3. The Labute approximate surface area is 201 Å². The van der Waals surface area contributed by atoms with Crippen LogP contribution in [0.3, 0.4) is 0 Å². The van der Waals surface area contributed by atoms with Crippen LogP contribution in [-0.2, 0) is 14.4 Å². The molecule has 0 aromatic heterocycles. The number of rotatable bonds is 22. The fourth-order valence-electron chi connectivity index (χ4n) is 4.95. The molecule has 33 heavy (non-hydrogen) atoms. The van der Waals surface area contributed by atoms with Crippen LogP contribution in [0.5, 0.6) is 0 Å². The maximum absolute atomic E-state index is 11.7. The highest BCUT2D eigenvalue weighted by molar-refractivity contribution is 5.76. The minimum Gasteiger partial charge on any atom is -0.544 e. The van der Waals surface area contributed by atoms with Gasteiger partial charge in [-0.2, -0.15) is 0 Å². The topological polar surface area (TPSA) is 115 Å². The smallest absolute Gasteiger partial charge is 0.362 e. The van der Waals surface area contributed by atoms with Gasteiger partial charge in [-0.05, 0) is 33.6 Å². The lowest BCUT2D eigenvalue weighted by Gasteiger charge is -2.49. The van der Waals surface area contributed by atoms with Crippen LogP contribution in [0.15, 0.2) is 0 Å². The summed E-state index contributed by atoms with van der Waals surface area (Å²) in [5, 5.41) is 30.8. The van der Waals surface area contributed by atoms with Gasteiger partial charge in [-0.3, -0.25) is 4.48 Å². The van der Waals surface area contributed by atoms with Crippen LogP contribution in [0.2, 0.25) is 0 Å². The highest BCUT2D eigenvalue weighted by Gasteiger charge is 2.50. The lowest BCUT2D eigenvalue weighted by molar-refractivity contribution is -0.969. The number of aliphatic carboxylic acids is 3. The SMILES string of the molecule is CCCCCCCCCCCCCCCCC[N+](C(C)C(=O)[O-])(C(C)C(=O)O)C(C)C(=O)O. The molecule has 0 radical (unpaired) electrons. The molecule has 0 aliphatic carbocycles. The molecule has 0 aliphatic heterocycles. The molecule has 3 unspecified atom stereocenters. The molecule has 2 N–H and O–H groups in total. The molecule has 0 rings (SSSR count). The van der Waals surface area contributed by atoms with Crippen molar-refractivity contribution in [1.29, 1.82) is 0 Å². The molecule has 3 atom stereocenters. The Kier molecular flexibility index (Phi) is 16.9. The summed E-state index contributed by atoms with van der Waals surface area (Å²) < 4.78 is -0.536. The number of nitrogens with zero attached hydrogens (tertiary/aromatic N) is 1. The third-order valence-electron chi connectivity index (χ3n) is 7.37. The first kappa shape index (κ1) is 31.4. The number of carbonyl (C=O) groups is 3. The van der Waals surface area contributed by atoms with Gasteiger partial charge in [-0.15, -0.1) is 0 Å². The van der Waals surface area contributed by atoms with E-state index in [2.05, 4.69) is 6.92 Å². The summed E-state index contributed by atoms with van der Waals surface area (Å²) in [5.41, 5.74) is 0. The van der Waals surface area contributed by atoms with Gasteiger partial charge in [-0.1, -0.05) is 90.4 Å². The second kappa shape index (κ2) is 17.8. The van der Waals surface area contributed by atoms with Gasteiger partial charge >= 0.3 is 11.9 Å². The zero-order chi connectivity index (χ0) is 25.3. The highest BCUT2D eigenvalue weighted by atomic mass is 16.4. The minimum absolute atomic E-state index is 0.189. The predicted molar refractivity (Wildman–Crippen MR) is 129 cm³/mol. The molecular weight excluding hydrogens is 422 g/mol. The largest absolute Gasteiger partial charge is 0.544 e. The summed E-state index contributed by atoms with van der Waals surface area (Å²) in [4.78, 5) is 35.1. The van der Waals surface area contributed by atoms with E-state index in [9.17, 15) is 29.7 Å². The molecule has 0 aromatic rings. The fraction of sp³-hybridized carbons (Fsp3) is 0.885. The van der Waals surface area contributed by atoms with Crippen molar-refractivity contribution in [2.24, 2.45) is 0 Å². The number of quaternary nitrogens is 1. The molecule has 194 valence electrons. The second-order valence-electron chi connectivity index (χ2n) is 9.69. The lowest BCUT2D eigenvalue weighted by atomic mass is 9.99. The molecule has 0 aliphatic rings. The molecule has 0 fully saturated rings. The molecule has 0 bridgehead atoms. The zero-order valence-corrected chi connectivity index (χ0v) is 21.5. The summed E-state index contributed by atoms with van der Waals surface area (Å²) >= 11 is 0. The Bertz CT molecular complexity index is 515. The van der Waals surface area contributed by atoms with Gasteiger partial charge in [0.1, 0.15) is 6.04 Å². The van der Waals surface area contributed by atoms with E-state index in [1.165, 1.54) is 91.4 Å². The molecule has 0 saturated carbocycles. The van der Waals surface area contributed by atoms with Crippen molar-refractivity contribution in [3.63, 3.8) is 0 Å². The molecule has 0 heterocycles. The van der Waals surface area contributed by atoms with Crippen LogP contribution < -0.4 is 5.11 Å². The third kappa shape index (κ3) is 11.4. The summed E-state index contributed by atoms with van der Waals surface area (Å²) in [5.74, 6) is -3.81. The Balaban J connectivity index is 4.36. The van der Waals surface area contributed by atoms with Crippen molar-refractivity contribution >= 4 is 17.9 Å². The van der Waals surface area contributed by atoms with Gasteiger partial charge in [0, 0.05) is 0 Å². The number of carbonyl (C=O) groups excluding carboxylic acids is 1. The van der Waals surface area contributed by atoms with Gasteiger partial charge in [0.25, 0.3) is 0 Å². The van der Waals surface area contributed by atoms with E-state index in [0.717, 1.165) is 19.3 Å². The maximum atomic E-state index is 11.7. The lowest BCUT2D eigenvalue weighted by Crippen LogP contribution is -2.72. The molecule has 7 heteroatoms. The van der Waals surface area contributed by atoms with Crippen LogP contribution in [0.1, 0.15) is 124 Å². The average molecular weight is 472 g/mol. The predicted octanol–water partition coefficient (Wildman–Crippen LogP) is 4.76. The van der Waals surface area contributed by atoms with E-state index < -0.39 is 40.5 Å². The molecule has 0 amide bonds. The minimum atomic E-state index is -1.42. The van der Waals surface area contributed by atoms with E-state index in [1.54, 1.807) is 0 Å². The fourth-order valence-corrected chi connectivity index (χ4v) is 4.95. The highest BCUT2D eigenvalue weighted by Crippen LogP contribution is 2.27. The third-order valence-corrected chi connectivity index (χ3v) is 7.37. The van der Waals surface area contributed by atoms with Crippen molar-refractivity contribution in [3.05, 3.63) is 0 Å². The van der Waals surface area contributed by atoms with E-state index in [-0.39, 0.29) is 6.54 Å². The van der Waals surface area contributed by atoms with Gasteiger partial charge in [-0.25, -0.2) is 9.59 Å². The first-order valence-electron chi connectivity index (χ1n) is 13.2. The first-order chi connectivity index (χ1) is 15.6. The van der Waals surface area contributed by atoms with Crippen LogP contribution in [0.25, 0.3) is 0 Å². The van der Waals surface area contributed by atoms with Gasteiger partial charge in [0.05, 0.1) is 12.5 Å². The van der Waals surface area contributed by atoms with Crippen molar-refractivity contribution in [3.8, 4) is 0 Å². The summed E-state index contributed by atoms with van der Waals surface area (Å²) in [7, 11) is 0. The zero-order valence-electron chi connectivity index (χ0n) is 21.5. The van der Waals surface area contributed by atoms with E-state index >= 15 is 0 Å². The van der Waals surface area contributed by atoms with E-state index in [1.807, 2.05) is 0 Å². The normalized spacial score (nSPS) is 16.0. The van der Waals surface area contributed by atoms with Gasteiger partial charge < -0.3 is 20.1 Å². The van der Waals surface area contributed by atoms with Crippen LogP contribution >= 0.6 is 0 Å². The van der Waals surface area contributed by atoms with Crippen LogP contribution in [-0.4, -0.2) is 57.3 Å². The van der Waals surface area contributed by atoms with Crippen molar-refractivity contribution < 1.29 is 34.2 Å². The standard InChI is InChI=1S/C26H49NO6/c1-5-6-7-8-9-10-11-12-13-14-15-16-17-18-19-20-27(21(2)24(28)29,22(3)25(30)31)23(4)26(32)33/h21-23H,5-20H2,1-4H3,(H2-,28,29,30,31,32,33). The van der Waals surface area contributed by atoms with Gasteiger partial charge in [0.2, 0.25) is 0 Å². The number of hydrogen-bond acceptors (Lipinski definition) is 4. The summed E-state index contributed by atoms with van der Waals surface area (Å²) in [6.45, 7) is 6.58. The van der Waals surface area contributed by atoms with Crippen molar-refractivity contribution in [2.45, 2.75) is 142 Å². The monoisotopic (exact) mass is 471 g/mol. The van der Waals surface area contributed by atoms with Crippen molar-refractivity contribution in [2.75, 3.05) is 6.54 Å². The average Bonchev–Trinajstić information content (AvgIpc) is 2.77. The van der Waals surface area contributed by atoms with Crippen LogP contribution in [0.4, 0.5) is 0 Å². The molecular formula is C26H49NO6. The maximum Gasteiger partial charge on any atom is 0.362 e. The first-order valence-corrected chi connectivity index (χ1v) is 13.2. The number of hydrogen-bond donors (Lipinski definition) is 2.